The van der Waals surface area contributed by atoms with Crippen LogP contribution in [0.1, 0.15) is 23.6 Å². The molecule has 10 heteroatoms. The lowest BCUT2D eigenvalue weighted by molar-refractivity contribution is -0.274. The highest BCUT2D eigenvalue weighted by Crippen LogP contribution is 2.50. The lowest BCUT2D eigenvalue weighted by Gasteiger charge is -2.11. The van der Waals surface area contributed by atoms with Gasteiger partial charge in [-0.15, -0.1) is 13.2 Å². The smallest absolute Gasteiger partial charge is 0.495 e. The second-order valence-electron chi connectivity index (χ2n) is 7.55. The predicted octanol–water partition coefficient (Wildman–Crippen LogP) is 4.85. The molecule has 0 saturated heterocycles. The van der Waals surface area contributed by atoms with Gasteiger partial charge in [0, 0.05) is 24.2 Å². The third-order valence-electron chi connectivity index (χ3n) is 5.23. The molecule has 1 aliphatic rings. The molecule has 4 rings (SSSR count). The largest absolute Gasteiger partial charge is 0.573 e. The number of carbonyl (C=O) groups is 1. The molecule has 0 spiro atoms. The van der Waals surface area contributed by atoms with Gasteiger partial charge >= 0.3 is 12.3 Å². The summed E-state index contributed by atoms with van der Waals surface area (Å²) in [5.41, 5.74) is 2.59. The van der Waals surface area contributed by atoms with Crippen molar-refractivity contribution in [2.75, 3.05) is 12.4 Å². The maximum Gasteiger partial charge on any atom is 0.573 e. The number of carboxylic acids is 1. The van der Waals surface area contributed by atoms with E-state index in [4.69, 9.17) is 4.74 Å². The van der Waals surface area contributed by atoms with Crippen LogP contribution in [0, 0.1) is 5.92 Å². The molecule has 0 unspecified atom stereocenters. The van der Waals surface area contributed by atoms with E-state index in [1.807, 2.05) is 0 Å². The fourth-order valence-corrected chi connectivity index (χ4v) is 3.53. The van der Waals surface area contributed by atoms with Crippen LogP contribution in [-0.2, 0) is 11.3 Å². The van der Waals surface area contributed by atoms with Gasteiger partial charge in [0.15, 0.2) is 0 Å². The lowest BCUT2D eigenvalue weighted by Crippen LogP contribution is -2.17. The number of carboxylic acid groups (broad SMARTS) is 1. The van der Waals surface area contributed by atoms with Crippen LogP contribution in [0.25, 0.3) is 11.3 Å². The summed E-state index contributed by atoms with van der Waals surface area (Å²) in [5.74, 6) is -0.679. The van der Waals surface area contributed by atoms with Crippen LogP contribution in [-0.4, -0.2) is 34.5 Å². The van der Waals surface area contributed by atoms with Gasteiger partial charge in [-0.2, -0.15) is 0 Å². The monoisotopic (exact) mass is 459 g/mol. The molecule has 1 aliphatic carbocycles. The Morgan fingerprint density at radius 1 is 1.21 bits per heavy atom. The van der Waals surface area contributed by atoms with Gasteiger partial charge in [0.1, 0.15) is 17.3 Å². The number of hydrogen-bond donors (Lipinski definition) is 2. The molecule has 0 radical (unpaired) electrons. The van der Waals surface area contributed by atoms with E-state index in [1.54, 1.807) is 36.5 Å². The summed E-state index contributed by atoms with van der Waals surface area (Å²) in [6.07, 6.45) is -2.60. The Balaban J connectivity index is 1.44. The van der Waals surface area contributed by atoms with Crippen molar-refractivity contribution in [1.82, 2.24) is 9.97 Å². The fourth-order valence-electron chi connectivity index (χ4n) is 3.53. The summed E-state index contributed by atoms with van der Waals surface area (Å²) < 4.78 is 46.4. The summed E-state index contributed by atoms with van der Waals surface area (Å²) in [6, 6.07) is 12.8. The van der Waals surface area contributed by atoms with Crippen LogP contribution in [0.3, 0.4) is 0 Å². The number of benzene rings is 1. The summed E-state index contributed by atoms with van der Waals surface area (Å²) in [4.78, 5) is 20.2. The van der Waals surface area contributed by atoms with E-state index >= 15 is 0 Å². The number of pyridine rings is 2. The molecule has 172 valence electrons. The van der Waals surface area contributed by atoms with Crippen molar-refractivity contribution >= 4 is 11.8 Å². The van der Waals surface area contributed by atoms with Gasteiger partial charge in [-0.25, -0.2) is 9.97 Å². The van der Waals surface area contributed by atoms with Gasteiger partial charge in [-0.05, 0) is 48.4 Å². The molecule has 7 nitrogen and oxygen atoms in total. The SMILES string of the molecule is COc1ccc(-c2ccc(NCc3cccc(OC(F)(F)F)c3)nc2)nc1[C@H]1C[C@@H]1C(=O)O. The first kappa shape index (κ1) is 22.4. The van der Waals surface area contributed by atoms with Crippen LogP contribution in [0.2, 0.25) is 0 Å². The first-order valence-corrected chi connectivity index (χ1v) is 10.1. The van der Waals surface area contributed by atoms with E-state index in [0.29, 0.717) is 34.9 Å². The predicted molar refractivity (Wildman–Crippen MR) is 113 cm³/mol. The minimum Gasteiger partial charge on any atom is -0.495 e. The number of alkyl halides is 3. The van der Waals surface area contributed by atoms with E-state index in [1.165, 1.54) is 25.3 Å². The molecule has 2 heterocycles. The van der Waals surface area contributed by atoms with Crippen LogP contribution in [0.5, 0.6) is 11.5 Å². The number of hydrogen-bond acceptors (Lipinski definition) is 6. The number of ether oxygens (including phenoxy) is 2. The summed E-state index contributed by atoms with van der Waals surface area (Å²) in [6.45, 7) is 0.255. The number of rotatable bonds is 8. The van der Waals surface area contributed by atoms with E-state index in [-0.39, 0.29) is 18.2 Å². The van der Waals surface area contributed by atoms with Crippen molar-refractivity contribution in [1.29, 1.82) is 0 Å². The molecular formula is C23H20F3N3O4. The first-order valence-electron chi connectivity index (χ1n) is 10.1. The van der Waals surface area contributed by atoms with Crippen LogP contribution in [0.4, 0.5) is 19.0 Å². The Labute approximate surface area is 187 Å². The number of nitrogens with one attached hydrogen (secondary N) is 1. The Hall–Kier alpha value is -3.82. The van der Waals surface area contributed by atoms with Gasteiger partial charge in [-0.3, -0.25) is 4.79 Å². The average molecular weight is 459 g/mol. The zero-order chi connectivity index (χ0) is 23.6. The number of aromatic nitrogens is 2. The van der Waals surface area contributed by atoms with Crippen LogP contribution >= 0.6 is 0 Å². The molecule has 1 fully saturated rings. The van der Waals surface area contributed by atoms with Gasteiger partial charge < -0.3 is 19.9 Å². The average Bonchev–Trinajstić information content (AvgIpc) is 3.58. The molecule has 0 aliphatic heterocycles. The van der Waals surface area contributed by atoms with E-state index < -0.39 is 18.2 Å². The second kappa shape index (κ2) is 8.97. The van der Waals surface area contributed by atoms with Crippen molar-refractivity contribution in [3.63, 3.8) is 0 Å². The Bertz CT molecular complexity index is 1150. The molecule has 2 atom stereocenters. The molecule has 2 aromatic heterocycles. The number of nitrogens with zero attached hydrogens (tertiary/aromatic N) is 2. The summed E-state index contributed by atoms with van der Waals surface area (Å²) >= 11 is 0. The zero-order valence-electron chi connectivity index (χ0n) is 17.5. The number of methoxy groups -OCH3 is 1. The van der Waals surface area contributed by atoms with Gasteiger partial charge in [0.25, 0.3) is 0 Å². The van der Waals surface area contributed by atoms with E-state index in [0.717, 1.165) is 5.56 Å². The van der Waals surface area contributed by atoms with Crippen LogP contribution in [0.15, 0.2) is 54.7 Å². The van der Waals surface area contributed by atoms with Gasteiger partial charge in [0.05, 0.1) is 24.4 Å². The van der Waals surface area contributed by atoms with Gasteiger partial charge in [-0.1, -0.05) is 12.1 Å². The molecule has 2 N–H and O–H groups in total. The minimum atomic E-state index is -4.74. The summed E-state index contributed by atoms with van der Waals surface area (Å²) in [5, 5.41) is 12.3. The summed E-state index contributed by atoms with van der Waals surface area (Å²) in [7, 11) is 1.52. The van der Waals surface area contributed by atoms with E-state index in [9.17, 15) is 23.1 Å². The van der Waals surface area contributed by atoms with Crippen molar-refractivity contribution < 1.29 is 32.5 Å². The maximum absolute atomic E-state index is 12.4. The van der Waals surface area contributed by atoms with Gasteiger partial charge in [0.2, 0.25) is 0 Å². The highest BCUT2D eigenvalue weighted by molar-refractivity contribution is 5.75. The number of halogens is 3. The Kier molecular flexibility index (Phi) is 6.08. The second-order valence-corrected chi connectivity index (χ2v) is 7.55. The van der Waals surface area contributed by atoms with Crippen molar-refractivity contribution in [3.05, 3.63) is 66.0 Å². The van der Waals surface area contributed by atoms with E-state index in [2.05, 4.69) is 20.0 Å². The molecule has 1 aromatic carbocycles. The third-order valence-corrected chi connectivity index (χ3v) is 5.23. The van der Waals surface area contributed by atoms with Crippen molar-refractivity contribution in [3.8, 4) is 22.8 Å². The van der Waals surface area contributed by atoms with Crippen LogP contribution < -0.4 is 14.8 Å². The topological polar surface area (TPSA) is 93.6 Å². The molecule has 33 heavy (non-hydrogen) atoms. The Morgan fingerprint density at radius 2 is 2.03 bits per heavy atom. The highest BCUT2D eigenvalue weighted by Gasteiger charge is 2.46. The quantitative estimate of drug-likeness (QED) is 0.497. The maximum atomic E-state index is 12.4. The number of aliphatic carboxylic acids is 1. The molecule has 0 bridgehead atoms. The first-order chi connectivity index (χ1) is 15.7. The zero-order valence-corrected chi connectivity index (χ0v) is 17.5. The standard InChI is InChI=1S/C23H20F3N3O4/c1-32-19-7-6-18(29-21(19)16-10-17(16)22(30)31)14-5-8-20(28-12-14)27-11-13-3-2-4-15(9-13)33-23(24,25)26/h2-9,12,16-17H,10-11H2,1H3,(H,27,28)(H,30,31)/t16-,17-/m0/s1. The highest BCUT2D eigenvalue weighted by atomic mass is 19.4. The van der Waals surface area contributed by atoms with Crippen molar-refractivity contribution in [2.45, 2.75) is 25.2 Å². The third kappa shape index (κ3) is 5.51. The fraction of sp³-hybridized carbons (Fsp3) is 0.261. The van der Waals surface area contributed by atoms with Crippen molar-refractivity contribution in [2.24, 2.45) is 5.92 Å². The Morgan fingerprint density at radius 3 is 2.67 bits per heavy atom. The molecule has 1 saturated carbocycles. The normalized spacial score (nSPS) is 17.3. The molecule has 0 amide bonds. The molecular weight excluding hydrogens is 439 g/mol. The lowest BCUT2D eigenvalue weighted by atomic mass is 10.1. The molecule has 3 aromatic rings. The minimum absolute atomic E-state index is 0.177. The number of anilines is 1.